The summed E-state index contributed by atoms with van der Waals surface area (Å²) in [5.74, 6) is 0.686. The third-order valence-electron chi connectivity index (χ3n) is 2.81. The van der Waals surface area contributed by atoms with E-state index in [0.29, 0.717) is 21.5 Å². The summed E-state index contributed by atoms with van der Waals surface area (Å²) in [5.41, 5.74) is 1.42. The molecular weight excluding hydrogens is 297 g/mol. The van der Waals surface area contributed by atoms with E-state index in [1.807, 2.05) is 19.1 Å². The van der Waals surface area contributed by atoms with Crippen LogP contribution in [0.15, 0.2) is 30.6 Å². The second-order valence-electron chi connectivity index (χ2n) is 4.10. The van der Waals surface area contributed by atoms with E-state index in [9.17, 15) is 0 Å². The molecule has 0 spiro atoms. The molecule has 1 N–H and O–H groups in total. The van der Waals surface area contributed by atoms with Gasteiger partial charge in [0.25, 0.3) is 0 Å². The van der Waals surface area contributed by atoms with E-state index < -0.39 is 0 Å². The van der Waals surface area contributed by atoms with Crippen molar-refractivity contribution in [3.63, 3.8) is 0 Å². The summed E-state index contributed by atoms with van der Waals surface area (Å²) in [7, 11) is 1.61. The molecule has 0 fully saturated rings. The molecule has 0 bridgehead atoms. The van der Waals surface area contributed by atoms with Crippen LogP contribution < -0.4 is 10.1 Å². The Bertz CT molecular complexity index is 592. The topological polar surface area (TPSA) is 47.0 Å². The van der Waals surface area contributed by atoms with Gasteiger partial charge in [0, 0.05) is 12.4 Å². The second kappa shape index (κ2) is 6.88. The zero-order valence-corrected chi connectivity index (χ0v) is 12.7. The molecule has 0 saturated heterocycles. The smallest absolute Gasteiger partial charge is 0.142 e. The van der Waals surface area contributed by atoms with Crippen LogP contribution in [-0.4, -0.2) is 23.6 Å². The number of halogens is 2. The van der Waals surface area contributed by atoms with E-state index in [1.54, 1.807) is 25.6 Å². The molecule has 0 aromatic carbocycles. The van der Waals surface area contributed by atoms with Gasteiger partial charge in [0.15, 0.2) is 0 Å². The van der Waals surface area contributed by atoms with Crippen LogP contribution in [0.4, 0.5) is 0 Å². The maximum absolute atomic E-state index is 6.25. The molecule has 2 aromatic rings. The minimum absolute atomic E-state index is 0.249. The predicted molar refractivity (Wildman–Crippen MR) is 80.6 cm³/mol. The molecule has 0 aliphatic rings. The third-order valence-corrected chi connectivity index (χ3v) is 3.32. The number of hydrogen-bond donors (Lipinski definition) is 1. The van der Waals surface area contributed by atoms with Gasteiger partial charge in [-0.25, -0.2) is 0 Å². The lowest BCUT2D eigenvalue weighted by molar-refractivity contribution is 0.400. The van der Waals surface area contributed by atoms with Crippen LogP contribution in [0, 0.1) is 0 Å². The lowest BCUT2D eigenvalue weighted by Gasteiger charge is -2.20. The number of pyridine rings is 2. The average molecular weight is 312 g/mol. The van der Waals surface area contributed by atoms with Crippen LogP contribution in [0.1, 0.15) is 24.4 Å². The molecule has 6 heteroatoms. The Morgan fingerprint density at radius 3 is 2.75 bits per heavy atom. The zero-order valence-electron chi connectivity index (χ0n) is 11.2. The normalized spacial score (nSPS) is 12.2. The lowest BCUT2D eigenvalue weighted by Crippen LogP contribution is -2.24. The van der Waals surface area contributed by atoms with E-state index in [2.05, 4.69) is 15.3 Å². The molecule has 2 heterocycles. The van der Waals surface area contributed by atoms with Crippen molar-refractivity contribution in [1.29, 1.82) is 0 Å². The molecule has 2 rings (SSSR count). The molecule has 4 nitrogen and oxygen atoms in total. The highest BCUT2D eigenvalue weighted by molar-refractivity contribution is 6.34. The molecule has 20 heavy (non-hydrogen) atoms. The van der Waals surface area contributed by atoms with Gasteiger partial charge in [-0.05, 0) is 24.7 Å². The Kier molecular flexibility index (Phi) is 5.17. The first kappa shape index (κ1) is 15.0. The highest BCUT2D eigenvalue weighted by atomic mass is 35.5. The van der Waals surface area contributed by atoms with E-state index >= 15 is 0 Å². The number of nitrogens with zero attached hydrogens (tertiary/aromatic N) is 2. The Balaban J connectivity index is 2.50. The first-order valence-corrected chi connectivity index (χ1v) is 6.96. The lowest BCUT2D eigenvalue weighted by atomic mass is 10.1. The van der Waals surface area contributed by atoms with Crippen molar-refractivity contribution >= 4 is 23.2 Å². The first-order valence-electron chi connectivity index (χ1n) is 6.20. The Hall–Kier alpha value is -1.36. The van der Waals surface area contributed by atoms with Gasteiger partial charge >= 0.3 is 0 Å². The molecular formula is C14H15Cl2N3O. The number of ether oxygens (including phenoxy) is 1. The molecule has 0 saturated carbocycles. The minimum atomic E-state index is -0.249. The molecule has 106 valence electrons. The number of hydrogen-bond acceptors (Lipinski definition) is 4. The van der Waals surface area contributed by atoms with E-state index in [-0.39, 0.29) is 6.04 Å². The fourth-order valence-corrected chi connectivity index (χ4v) is 2.45. The number of rotatable bonds is 5. The summed E-state index contributed by atoms with van der Waals surface area (Å²) in [6.07, 6.45) is 3.29. The predicted octanol–water partition coefficient (Wildman–Crippen LogP) is 3.49. The summed E-state index contributed by atoms with van der Waals surface area (Å²) in [5, 5.41) is 4.32. The molecule has 0 radical (unpaired) electrons. The molecule has 0 aliphatic heterocycles. The van der Waals surface area contributed by atoms with Gasteiger partial charge in [0.05, 0.1) is 28.9 Å². The maximum atomic E-state index is 6.25. The fraction of sp³-hybridized carbons (Fsp3) is 0.286. The summed E-state index contributed by atoms with van der Waals surface area (Å²) in [6.45, 7) is 2.75. The van der Waals surface area contributed by atoms with Gasteiger partial charge in [-0.3, -0.25) is 9.97 Å². The summed E-state index contributed by atoms with van der Waals surface area (Å²) >= 11 is 12.1. The van der Waals surface area contributed by atoms with Crippen molar-refractivity contribution in [3.8, 4) is 5.75 Å². The molecule has 0 amide bonds. The average Bonchev–Trinajstić information content (AvgIpc) is 2.45. The highest BCUT2D eigenvalue weighted by Crippen LogP contribution is 2.31. The number of aromatic nitrogens is 2. The minimum Gasteiger partial charge on any atom is -0.495 e. The van der Waals surface area contributed by atoms with E-state index in [1.165, 1.54) is 0 Å². The summed E-state index contributed by atoms with van der Waals surface area (Å²) < 4.78 is 5.36. The second-order valence-corrected chi connectivity index (χ2v) is 4.95. The largest absolute Gasteiger partial charge is 0.495 e. The Morgan fingerprint density at radius 2 is 2.10 bits per heavy atom. The molecule has 0 aliphatic carbocycles. The van der Waals surface area contributed by atoms with Crippen molar-refractivity contribution in [2.24, 2.45) is 0 Å². The van der Waals surface area contributed by atoms with Crippen molar-refractivity contribution in [2.75, 3.05) is 13.7 Å². The fourth-order valence-electron chi connectivity index (χ4n) is 1.96. The Labute approximate surface area is 128 Å². The molecule has 1 atom stereocenters. The maximum Gasteiger partial charge on any atom is 0.142 e. The zero-order chi connectivity index (χ0) is 14.5. The van der Waals surface area contributed by atoms with Crippen molar-refractivity contribution in [1.82, 2.24) is 15.3 Å². The van der Waals surface area contributed by atoms with Crippen molar-refractivity contribution in [3.05, 3.63) is 52.0 Å². The van der Waals surface area contributed by atoms with Gasteiger partial charge in [0.2, 0.25) is 0 Å². The van der Waals surface area contributed by atoms with Crippen LogP contribution in [0.25, 0.3) is 0 Å². The highest BCUT2D eigenvalue weighted by Gasteiger charge is 2.22. The monoisotopic (exact) mass is 311 g/mol. The van der Waals surface area contributed by atoms with Crippen LogP contribution in [0.5, 0.6) is 5.75 Å². The van der Waals surface area contributed by atoms with Crippen LogP contribution >= 0.6 is 23.2 Å². The SMILES string of the molecule is CCNC(c1ncc(Cl)cc1Cl)c1ncccc1OC. The third kappa shape index (κ3) is 3.20. The van der Waals surface area contributed by atoms with E-state index in [4.69, 9.17) is 27.9 Å². The summed E-state index contributed by atoms with van der Waals surface area (Å²) in [6, 6.07) is 5.10. The number of methoxy groups -OCH3 is 1. The van der Waals surface area contributed by atoms with Gasteiger partial charge in [0.1, 0.15) is 11.4 Å². The first-order chi connectivity index (χ1) is 9.67. The van der Waals surface area contributed by atoms with Crippen molar-refractivity contribution in [2.45, 2.75) is 13.0 Å². The molecule has 2 aromatic heterocycles. The summed E-state index contributed by atoms with van der Waals surface area (Å²) in [4.78, 5) is 8.72. The van der Waals surface area contributed by atoms with Gasteiger partial charge < -0.3 is 10.1 Å². The standard InChI is InChI=1S/C14H15Cl2N3O/c1-3-17-14(12-10(16)7-9(15)8-19-12)13-11(20-2)5-4-6-18-13/h4-8,14,17H,3H2,1-2H3. The van der Waals surface area contributed by atoms with E-state index in [0.717, 1.165) is 12.2 Å². The quantitative estimate of drug-likeness (QED) is 0.918. The van der Waals surface area contributed by atoms with Crippen molar-refractivity contribution < 1.29 is 4.74 Å². The van der Waals surface area contributed by atoms with Gasteiger partial charge in [-0.1, -0.05) is 30.1 Å². The number of nitrogens with one attached hydrogen (secondary N) is 1. The van der Waals surface area contributed by atoms with Gasteiger partial charge in [-0.2, -0.15) is 0 Å². The molecule has 1 unspecified atom stereocenters. The van der Waals surface area contributed by atoms with Crippen LogP contribution in [0.2, 0.25) is 10.0 Å². The Morgan fingerprint density at radius 1 is 1.30 bits per heavy atom. The van der Waals surface area contributed by atoms with Crippen LogP contribution in [0.3, 0.4) is 0 Å². The van der Waals surface area contributed by atoms with Gasteiger partial charge in [-0.15, -0.1) is 0 Å². The van der Waals surface area contributed by atoms with Crippen LogP contribution in [-0.2, 0) is 0 Å².